The lowest BCUT2D eigenvalue weighted by molar-refractivity contribution is 0.395. The van der Waals surface area contributed by atoms with Crippen LogP contribution < -0.4 is 9.47 Å². The number of phenols is 1. The van der Waals surface area contributed by atoms with Gasteiger partial charge < -0.3 is 14.6 Å². The van der Waals surface area contributed by atoms with Gasteiger partial charge in [-0.15, -0.1) is 0 Å². The van der Waals surface area contributed by atoms with Crippen molar-refractivity contribution in [3.63, 3.8) is 0 Å². The molecule has 0 heterocycles. The Morgan fingerprint density at radius 1 is 0.950 bits per heavy atom. The molecular weight excluding hydrogens is 252 g/mol. The summed E-state index contributed by atoms with van der Waals surface area (Å²) in [5, 5.41) is 10.1. The zero-order valence-corrected chi connectivity index (χ0v) is 12.3. The molecular formula is C17H20O3. The molecule has 0 aliphatic carbocycles. The first-order chi connectivity index (χ1) is 9.58. The minimum atomic E-state index is 0.220. The summed E-state index contributed by atoms with van der Waals surface area (Å²) in [6.07, 6.45) is 0. The van der Waals surface area contributed by atoms with Gasteiger partial charge in [0.15, 0.2) is 0 Å². The Labute approximate surface area is 119 Å². The van der Waals surface area contributed by atoms with Gasteiger partial charge in [-0.25, -0.2) is 0 Å². The van der Waals surface area contributed by atoms with Gasteiger partial charge in [0.1, 0.15) is 17.2 Å². The lowest BCUT2D eigenvalue weighted by Gasteiger charge is -2.17. The van der Waals surface area contributed by atoms with Gasteiger partial charge in [-0.2, -0.15) is 0 Å². The first-order valence-corrected chi connectivity index (χ1v) is 6.62. The van der Waals surface area contributed by atoms with Crippen molar-refractivity contribution in [2.75, 3.05) is 14.2 Å². The molecule has 0 spiro atoms. The van der Waals surface area contributed by atoms with Gasteiger partial charge in [-0.3, -0.25) is 0 Å². The summed E-state index contributed by atoms with van der Waals surface area (Å²) in [7, 11) is 3.26. The molecule has 3 nitrogen and oxygen atoms in total. The highest BCUT2D eigenvalue weighted by atomic mass is 16.5. The second kappa shape index (κ2) is 5.87. The lowest BCUT2D eigenvalue weighted by atomic mass is 9.91. The minimum absolute atomic E-state index is 0.220. The third-order valence-corrected chi connectivity index (χ3v) is 3.36. The number of hydrogen-bond donors (Lipinski definition) is 1. The van der Waals surface area contributed by atoms with Crippen molar-refractivity contribution in [3.8, 4) is 28.4 Å². The molecule has 1 N–H and O–H groups in total. The Kier molecular flexibility index (Phi) is 4.18. The summed E-state index contributed by atoms with van der Waals surface area (Å²) >= 11 is 0. The van der Waals surface area contributed by atoms with Crippen LogP contribution >= 0.6 is 0 Å². The average Bonchev–Trinajstić information content (AvgIpc) is 2.45. The molecule has 0 saturated carbocycles. The Morgan fingerprint density at radius 2 is 1.70 bits per heavy atom. The predicted octanol–water partition coefficient (Wildman–Crippen LogP) is 4.20. The van der Waals surface area contributed by atoms with E-state index in [1.54, 1.807) is 20.3 Å². The van der Waals surface area contributed by atoms with Crippen LogP contribution in [0.25, 0.3) is 11.1 Å². The summed E-state index contributed by atoms with van der Waals surface area (Å²) in [5.74, 6) is 2.02. The number of hydrogen-bond acceptors (Lipinski definition) is 3. The first-order valence-electron chi connectivity index (χ1n) is 6.62. The third kappa shape index (κ3) is 2.57. The van der Waals surface area contributed by atoms with E-state index in [2.05, 4.69) is 13.8 Å². The quantitative estimate of drug-likeness (QED) is 0.906. The summed E-state index contributed by atoms with van der Waals surface area (Å²) in [6.45, 7) is 4.13. The maximum Gasteiger partial charge on any atom is 0.130 e. The molecule has 0 atom stereocenters. The number of methoxy groups -OCH3 is 2. The van der Waals surface area contributed by atoms with Gasteiger partial charge in [0.2, 0.25) is 0 Å². The van der Waals surface area contributed by atoms with Crippen LogP contribution in [0.1, 0.15) is 25.3 Å². The van der Waals surface area contributed by atoms with Crippen molar-refractivity contribution in [2.45, 2.75) is 19.8 Å². The van der Waals surface area contributed by atoms with E-state index in [9.17, 15) is 5.11 Å². The van der Waals surface area contributed by atoms with Gasteiger partial charge in [0.25, 0.3) is 0 Å². The van der Waals surface area contributed by atoms with Crippen LogP contribution in [0.2, 0.25) is 0 Å². The van der Waals surface area contributed by atoms with Gasteiger partial charge in [0.05, 0.1) is 14.2 Å². The Bertz CT molecular complexity index is 603. The van der Waals surface area contributed by atoms with Crippen molar-refractivity contribution in [2.24, 2.45) is 0 Å². The highest BCUT2D eigenvalue weighted by Gasteiger charge is 2.16. The molecule has 2 aromatic carbocycles. The molecule has 106 valence electrons. The lowest BCUT2D eigenvalue weighted by Crippen LogP contribution is -1.96. The van der Waals surface area contributed by atoms with Crippen LogP contribution in [0.4, 0.5) is 0 Å². The van der Waals surface area contributed by atoms with E-state index in [0.29, 0.717) is 5.75 Å². The zero-order valence-electron chi connectivity index (χ0n) is 12.3. The van der Waals surface area contributed by atoms with E-state index in [4.69, 9.17) is 9.47 Å². The van der Waals surface area contributed by atoms with Crippen LogP contribution in [0, 0.1) is 0 Å². The van der Waals surface area contributed by atoms with Crippen molar-refractivity contribution < 1.29 is 14.6 Å². The maximum atomic E-state index is 10.1. The van der Waals surface area contributed by atoms with Crippen molar-refractivity contribution in [1.29, 1.82) is 0 Å². The molecule has 20 heavy (non-hydrogen) atoms. The first kappa shape index (κ1) is 14.3. The average molecular weight is 272 g/mol. The number of phenolic OH excluding ortho intramolecular Hbond substituents is 1. The second-order valence-corrected chi connectivity index (χ2v) is 4.96. The van der Waals surface area contributed by atoms with Gasteiger partial charge in [0, 0.05) is 17.2 Å². The molecule has 0 fully saturated rings. The topological polar surface area (TPSA) is 38.7 Å². The van der Waals surface area contributed by atoms with Crippen LogP contribution in [0.15, 0.2) is 36.4 Å². The van der Waals surface area contributed by atoms with Gasteiger partial charge in [-0.05, 0) is 29.7 Å². The fourth-order valence-electron chi connectivity index (χ4n) is 2.42. The molecule has 3 heteroatoms. The Balaban J connectivity index is 2.65. The number of rotatable bonds is 4. The van der Waals surface area contributed by atoms with Crippen LogP contribution in [0.5, 0.6) is 17.2 Å². The van der Waals surface area contributed by atoms with E-state index in [0.717, 1.165) is 28.2 Å². The molecule has 0 unspecified atom stereocenters. The fourth-order valence-corrected chi connectivity index (χ4v) is 2.42. The molecule has 0 saturated heterocycles. The Morgan fingerprint density at radius 3 is 2.30 bits per heavy atom. The highest BCUT2D eigenvalue weighted by Crippen LogP contribution is 2.40. The highest BCUT2D eigenvalue weighted by molar-refractivity contribution is 5.76. The zero-order chi connectivity index (χ0) is 14.7. The number of ether oxygens (including phenoxy) is 2. The maximum absolute atomic E-state index is 10.1. The summed E-state index contributed by atoms with van der Waals surface area (Å²) in [6, 6.07) is 11.3. The smallest absolute Gasteiger partial charge is 0.130 e. The summed E-state index contributed by atoms with van der Waals surface area (Å²) in [4.78, 5) is 0. The summed E-state index contributed by atoms with van der Waals surface area (Å²) < 4.78 is 10.7. The van der Waals surface area contributed by atoms with Crippen LogP contribution in [-0.4, -0.2) is 19.3 Å². The molecule has 0 aliphatic heterocycles. The van der Waals surface area contributed by atoms with E-state index in [-0.39, 0.29) is 5.92 Å². The molecule has 0 aliphatic rings. The normalized spacial score (nSPS) is 10.7. The summed E-state index contributed by atoms with van der Waals surface area (Å²) in [5.41, 5.74) is 2.86. The van der Waals surface area contributed by atoms with E-state index < -0.39 is 0 Å². The fraction of sp³-hybridized carbons (Fsp3) is 0.294. The van der Waals surface area contributed by atoms with Crippen molar-refractivity contribution >= 4 is 0 Å². The molecule has 2 rings (SSSR count). The largest absolute Gasteiger partial charge is 0.508 e. The minimum Gasteiger partial charge on any atom is -0.508 e. The van der Waals surface area contributed by atoms with Crippen LogP contribution in [-0.2, 0) is 0 Å². The molecule has 0 radical (unpaired) electrons. The van der Waals surface area contributed by atoms with E-state index in [1.165, 1.54) is 0 Å². The monoisotopic (exact) mass is 272 g/mol. The van der Waals surface area contributed by atoms with Crippen molar-refractivity contribution in [3.05, 3.63) is 42.0 Å². The predicted molar refractivity (Wildman–Crippen MR) is 80.7 cm³/mol. The van der Waals surface area contributed by atoms with Gasteiger partial charge in [-0.1, -0.05) is 26.0 Å². The molecule has 0 bridgehead atoms. The number of aromatic hydroxyl groups is 1. The van der Waals surface area contributed by atoms with Crippen LogP contribution in [0.3, 0.4) is 0 Å². The SMILES string of the molecule is COc1ccc(-c2cccc(O)c2C(C)C)c(OC)c1. The van der Waals surface area contributed by atoms with E-state index >= 15 is 0 Å². The molecule has 0 amide bonds. The van der Waals surface area contributed by atoms with Crippen molar-refractivity contribution in [1.82, 2.24) is 0 Å². The third-order valence-electron chi connectivity index (χ3n) is 3.36. The van der Waals surface area contributed by atoms with Gasteiger partial charge >= 0.3 is 0 Å². The molecule has 2 aromatic rings. The second-order valence-electron chi connectivity index (χ2n) is 4.96. The standard InChI is InChI=1S/C17H20O3/c1-11(2)17-14(6-5-7-15(17)18)13-9-8-12(19-3)10-16(13)20-4/h5-11,18H,1-4H3. The Hall–Kier alpha value is -2.16. The molecule has 0 aromatic heterocycles. The van der Waals surface area contributed by atoms with E-state index in [1.807, 2.05) is 30.3 Å². The number of benzene rings is 2.